The maximum Gasteiger partial charge on any atom is 0.375 e. The normalized spacial score (nSPS) is 11.3. The molecule has 0 bridgehead atoms. The number of Topliss-reactive ketones (excluding diaryl/α,β-unsaturated/α-hetero) is 1. The molecule has 0 heterocycles. The van der Waals surface area contributed by atoms with Crippen molar-refractivity contribution >= 4 is 29.5 Å². The summed E-state index contributed by atoms with van der Waals surface area (Å²) in [5, 5.41) is 18.0. The highest BCUT2D eigenvalue weighted by Crippen LogP contribution is 2.06. The quantitative estimate of drug-likeness (QED) is 0.151. The summed E-state index contributed by atoms with van der Waals surface area (Å²) in [5.41, 5.74) is 5.44. The highest BCUT2D eigenvalue weighted by Gasteiger charge is 2.21. The van der Waals surface area contributed by atoms with Crippen LogP contribution in [0.5, 0.6) is 0 Å². The van der Waals surface area contributed by atoms with Crippen molar-refractivity contribution < 1.29 is 43.7 Å². The van der Waals surface area contributed by atoms with E-state index >= 15 is 0 Å². The van der Waals surface area contributed by atoms with Gasteiger partial charge in [-0.1, -0.05) is 0 Å². The SMILES string of the molecule is COC(=O)[C@@H](N)CSCC(=O)C(=O)OCC(CO[N+](=O)[O-])CO[N+](=O)[O-]. The van der Waals surface area contributed by atoms with Crippen molar-refractivity contribution in [1.29, 1.82) is 0 Å². The third-order valence-corrected chi connectivity index (χ3v) is 3.60. The highest BCUT2D eigenvalue weighted by atomic mass is 32.2. The Hall–Kier alpha value is -2.68. The fourth-order valence-corrected chi connectivity index (χ4v) is 2.12. The third-order valence-electron chi connectivity index (χ3n) is 2.54. The molecule has 15 heteroatoms. The van der Waals surface area contributed by atoms with E-state index in [4.69, 9.17) is 5.73 Å². The van der Waals surface area contributed by atoms with Gasteiger partial charge in [0.15, 0.2) is 0 Å². The molecule has 0 unspecified atom stereocenters. The van der Waals surface area contributed by atoms with Gasteiger partial charge >= 0.3 is 11.9 Å². The van der Waals surface area contributed by atoms with Crippen LogP contribution in [0.4, 0.5) is 0 Å². The number of ketones is 1. The molecule has 0 aliphatic carbocycles. The van der Waals surface area contributed by atoms with E-state index in [0.29, 0.717) is 0 Å². The first kappa shape index (κ1) is 23.3. The lowest BCUT2D eigenvalue weighted by atomic mass is 10.2. The molecule has 0 saturated heterocycles. The largest absolute Gasteiger partial charge is 0.468 e. The van der Waals surface area contributed by atoms with Crippen LogP contribution in [-0.2, 0) is 33.5 Å². The van der Waals surface area contributed by atoms with Crippen molar-refractivity contribution in [3.8, 4) is 0 Å². The predicted octanol–water partition coefficient (Wildman–Crippen LogP) is -1.63. The van der Waals surface area contributed by atoms with E-state index in [1.165, 1.54) is 0 Å². The van der Waals surface area contributed by atoms with Crippen LogP contribution in [0, 0.1) is 26.1 Å². The number of rotatable bonds is 14. The van der Waals surface area contributed by atoms with Crippen LogP contribution in [0.2, 0.25) is 0 Å². The number of carbonyl (C=O) groups is 3. The van der Waals surface area contributed by atoms with Crippen LogP contribution in [0.25, 0.3) is 0 Å². The minimum Gasteiger partial charge on any atom is -0.468 e. The van der Waals surface area contributed by atoms with Crippen LogP contribution in [0.3, 0.4) is 0 Å². The molecule has 0 rings (SSSR count). The molecule has 1 atom stereocenters. The first-order valence-corrected chi connectivity index (χ1v) is 7.98. The van der Waals surface area contributed by atoms with Crippen LogP contribution in [-0.4, -0.2) is 72.4 Å². The standard InChI is InChI=1S/C11H17N3O11S/c1-22-10(16)8(12)5-26-6-9(15)11(17)23-2-7(3-24-13(18)19)4-25-14(20)21/h7-8H,2-6,12H2,1H3/t8-/m0/s1. The Morgan fingerprint density at radius 1 is 1.08 bits per heavy atom. The van der Waals surface area contributed by atoms with E-state index in [1.54, 1.807) is 0 Å². The number of carbonyl (C=O) groups excluding carboxylic acids is 3. The number of hydrogen-bond donors (Lipinski definition) is 1. The fraction of sp³-hybridized carbons (Fsp3) is 0.727. The van der Waals surface area contributed by atoms with Crippen molar-refractivity contribution in [2.45, 2.75) is 6.04 Å². The number of nitrogens with two attached hydrogens (primary N) is 1. The first-order valence-electron chi connectivity index (χ1n) is 6.83. The molecule has 0 aliphatic rings. The molecule has 0 aliphatic heterocycles. The van der Waals surface area contributed by atoms with Gasteiger partial charge in [-0.2, -0.15) is 11.8 Å². The second-order valence-corrected chi connectivity index (χ2v) is 5.60. The summed E-state index contributed by atoms with van der Waals surface area (Å²) >= 11 is 0.900. The molecule has 0 aromatic rings. The van der Waals surface area contributed by atoms with Gasteiger partial charge in [0.05, 0.1) is 19.5 Å². The molecule has 2 N–H and O–H groups in total. The molecule has 0 amide bonds. The molecule has 0 fully saturated rings. The summed E-state index contributed by atoms with van der Waals surface area (Å²) in [6.07, 6.45) is 0. The van der Waals surface area contributed by atoms with E-state index in [1.807, 2.05) is 0 Å². The number of hydrogen-bond acceptors (Lipinski definition) is 13. The van der Waals surface area contributed by atoms with Gasteiger partial charge in [0.2, 0.25) is 5.78 Å². The number of nitrogens with zero attached hydrogens (tertiary/aromatic N) is 2. The van der Waals surface area contributed by atoms with Gasteiger partial charge in [-0.3, -0.25) is 9.59 Å². The average molecular weight is 399 g/mol. The third kappa shape index (κ3) is 11.0. The predicted molar refractivity (Wildman–Crippen MR) is 82.7 cm³/mol. The van der Waals surface area contributed by atoms with Crippen LogP contribution >= 0.6 is 11.8 Å². The van der Waals surface area contributed by atoms with Gasteiger partial charge in [0, 0.05) is 11.7 Å². The number of ether oxygens (including phenoxy) is 2. The lowest BCUT2D eigenvalue weighted by Crippen LogP contribution is -2.34. The zero-order valence-corrected chi connectivity index (χ0v) is 14.4. The van der Waals surface area contributed by atoms with Crippen LogP contribution in [0.15, 0.2) is 0 Å². The second-order valence-electron chi connectivity index (χ2n) is 4.57. The molecular formula is C11H17N3O11S. The fourth-order valence-electron chi connectivity index (χ4n) is 1.31. The van der Waals surface area contributed by atoms with Crippen molar-refractivity contribution in [2.75, 3.05) is 38.4 Å². The first-order chi connectivity index (χ1) is 12.2. The Balaban J connectivity index is 4.29. The van der Waals surface area contributed by atoms with Crippen LogP contribution < -0.4 is 5.73 Å². The van der Waals surface area contributed by atoms with Gasteiger partial charge < -0.3 is 24.9 Å². The molecule has 0 radical (unpaired) electrons. The average Bonchev–Trinajstić information content (AvgIpc) is 2.59. The molecule has 0 saturated carbocycles. The highest BCUT2D eigenvalue weighted by molar-refractivity contribution is 8.00. The topological polar surface area (TPSA) is 200 Å². The molecule has 14 nitrogen and oxygen atoms in total. The summed E-state index contributed by atoms with van der Waals surface area (Å²) < 4.78 is 9.01. The Kier molecular flexibility index (Phi) is 11.3. The number of methoxy groups -OCH3 is 1. The summed E-state index contributed by atoms with van der Waals surface area (Å²) in [4.78, 5) is 62.5. The van der Waals surface area contributed by atoms with Crippen molar-refractivity contribution in [2.24, 2.45) is 11.7 Å². The molecule has 26 heavy (non-hydrogen) atoms. The van der Waals surface area contributed by atoms with Gasteiger partial charge in [0.1, 0.15) is 19.3 Å². The minimum absolute atomic E-state index is 0.0294. The molecule has 0 aromatic carbocycles. The lowest BCUT2D eigenvalue weighted by Gasteiger charge is -2.14. The Bertz CT molecular complexity index is 512. The minimum atomic E-state index is -1.25. The zero-order valence-electron chi connectivity index (χ0n) is 13.6. The summed E-state index contributed by atoms with van der Waals surface area (Å²) in [7, 11) is 1.15. The Labute approximate surface area is 150 Å². The van der Waals surface area contributed by atoms with Crippen LogP contribution in [0.1, 0.15) is 0 Å². The van der Waals surface area contributed by atoms with E-state index in [0.717, 1.165) is 18.9 Å². The van der Waals surface area contributed by atoms with Gasteiger partial charge in [-0.05, 0) is 0 Å². The maximum absolute atomic E-state index is 11.6. The van der Waals surface area contributed by atoms with E-state index < -0.39 is 59.7 Å². The summed E-state index contributed by atoms with van der Waals surface area (Å²) in [5.74, 6) is -4.21. The molecule has 148 valence electrons. The van der Waals surface area contributed by atoms with Crippen molar-refractivity contribution in [1.82, 2.24) is 0 Å². The van der Waals surface area contributed by atoms with E-state index in [9.17, 15) is 34.6 Å². The molecule has 0 spiro atoms. The van der Waals surface area contributed by atoms with Crippen molar-refractivity contribution in [3.05, 3.63) is 20.2 Å². The molecular weight excluding hydrogens is 382 g/mol. The summed E-state index contributed by atoms with van der Waals surface area (Å²) in [6.45, 7) is -1.84. The zero-order chi connectivity index (χ0) is 20.1. The molecule has 0 aromatic heterocycles. The smallest absolute Gasteiger partial charge is 0.375 e. The second kappa shape index (κ2) is 12.6. The van der Waals surface area contributed by atoms with E-state index in [2.05, 4.69) is 19.1 Å². The van der Waals surface area contributed by atoms with Gasteiger partial charge in [0.25, 0.3) is 10.2 Å². The maximum atomic E-state index is 11.6. The Morgan fingerprint density at radius 3 is 2.08 bits per heavy atom. The van der Waals surface area contributed by atoms with Gasteiger partial charge in [-0.25, -0.2) is 4.79 Å². The van der Waals surface area contributed by atoms with E-state index in [-0.39, 0.29) is 11.5 Å². The van der Waals surface area contributed by atoms with Crippen molar-refractivity contribution in [3.63, 3.8) is 0 Å². The summed E-state index contributed by atoms with van der Waals surface area (Å²) in [6, 6.07) is -0.961. The number of thioether (sulfide) groups is 1. The Morgan fingerprint density at radius 2 is 1.62 bits per heavy atom. The van der Waals surface area contributed by atoms with Gasteiger partial charge in [-0.15, -0.1) is 20.2 Å². The number of esters is 2. The monoisotopic (exact) mass is 399 g/mol. The lowest BCUT2D eigenvalue weighted by molar-refractivity contribution is -0.768.